The Balaban J connectivity index is 1.80. The van der Waals surface area contributed by atoms with Crippen LogP contribution in [0, 0.1) is 0 Å². The van der Waals surface area contributed by atoms with Gasteiger partial charge in [0.05, 0.1) is 23.7 Å². The van der Waals surface area contributed by atoms with Crippen molar-refractivity contribution in [3.05, 3.63) is 53.8 Å². The third kappa shape index (κ3) is 2.91. The van der Waals surface area contributed by atoms with E-state index in [2.05, 4.69) is 22.5 Å². The van der Waals surface area contributed by atoms with Gasteiger partial charge in [0.2, 0.25) is 0 Å². The van der Waals surface area contributed by atoms with Crippen LogP contribution in [0.15, 0.2) is 63.8 Å². The maximum atomic E-state index is 5.35. The van der Waals surface area contributed by atoms with Crippen molar-refractivity contribution in [1.82, 2.24) is 4.90 Å². The highest BCUT2D eigenvalue weighted by Gasteiger charge is 2.28. The van der Waals surface area contributed by atoms with Crippen LogP contribution in [-0.4, -0.2) is 28.9 Å². The molecule has 1 aliphatic heterocycles. The Kier molecular flexibility index (Phi) is 3.89. The van der Waals surface area contributed by atoms with Crippen molar-refractivity contribution in [2.45, 2.75) is 32.2 Å². The van der Waals surface area contributed by atoms with Gasteiger partial charge in [0.1, 0.15) is 5.70 Å². The maximum absolute atomic E-state index is 5.35. The largest absolute Gasteiger partial charge is 0.403 e. The number of aliphatic imine (C=N–C) groups is 2. The fourth-order valence-corrected chi connectivity index (χ4v) is 2.70. The lowest BCUT2D eigenvalue weighted by atomic mass is 9.91. The van der Waals surface area contributed by atoms with Gasteiger partial charge in [0, 0.05) is 18.4 Å². The molecule has 0 aromatic rings. The monoisotopic (exact) mass is 280 g/mol. The SMILES string of the molecule is CC1=C=C(/N=C2/C=CC=C/C2=N/C=C/N)CN1C1CCC1. The molecule has 4 nitrogen and oxygen atoms in total. The molecule has 0 bridgehead atoms. The quantitative estimate of drug-likeness (QED) is 0.638. The summed E-state index contributed by atoms with van der Waals surface area (Å²) in [5.74, 6) is 0. The zero-order valence-corrected chi connectivity index (χ0v) is 12.3. The summed E-state index contributed by atoms with van der Waals surface area (Å²) in [5, 5.41) is 0. The molecule has 0 radical (unpaired) electrons. The van der Waals surface area contributed by atoms with Crippen molar-refractivity contribution in [1.29, 1.82) is 0 Å². The van der Waals surface area contributed by atoms with Gasteiger partial charge < -0.3 is 10.6 Å². The van der Waals surface area contributed by atoms with Crippen LogP contribution >= 0.6 is 0 Å². The number of nitrogens with zero attached hydrogens (tertiary/aromatic N) is 3. The molecule has 2 N–H and O–H groups in total. The third-order valence-corrected chi connectivity index (χ3v) is 4.03. The molecule has 21 heavy (non-hydrogen) atoms. The highest BCUT2D eigenvalue weighted by Crippen LogP contribution is 2.30. The summed E-state index contributed by atoms with van der Waals surface area (Å²) in [7, 11) is 0. The Morgan fingerprint density at radius 3 is 2.71 bits per heavy atom. The molecule has 108 valence electrons. The van der Waals surface area contributed by atoms with Gasteiger partial charge in [0.15, 0.2) is 0 Å². The van der Waals surface area contributed by atoms with E-state index in [0.29, 0.717) is 6.04 Å². The molecule has 1 fully saturated rings. The molecule has 3 aliphatic rings. The van der Waals surface area contributed by atoms with Crippen LogP contribution in [0.25, 0.3) is 0 Å². The summed E-state index contributed by atoms with van der Waals surface area (Å²) < 4.78 is 0. The topological polar surface area (TPSA) is 54.0 Å². The van der Waals surface area contributed by atoms with E-state index in [4.69, 9.17) is 10.7 Å². The van der Waals surface area contributed by atoms with Crippen molar-refractivity contribution in [2.24, 2.45) is 15.7 Å². The molecule has 0 unspecified atom stereocenters. The van der Waals surface area contributed by atoms with Crippen molar-refractivity contribution >= 4 is 11.4 Å². The molecular formula is C17H20N4. The number of hydrogen-bond donors (Lipinski definition) is 1. The molecule has 4 heteroatoms. The molecule has 0 atom stereocenters. The van der Waals surface area contributed by atoms with E-state index in [-0.39, 0.29) is 0 Å². The minimum absolute atomic E-state index is 0.685. The molecule has 1 heterocycles. The van der Waals surface area contributed by atoms with Gasteiger partial charge in [-0.2, -0.15) is 0 Å². The summed E-state index contributed by atoms with van der Waals surface area (Å²) in [6, 6.07) is 0.685. The van der Waals surface area contributed by atoms with Gasteiger partial charge in [-0.05, 0) is 38.3 Å². The Morgan fingerprint density at radius 2 is 2.05 bits per heavy atom. The first-order chi connectivity index (χ1) is 10.3. The lowest BCUT2D eigenvalue weighted by molar-refractivity contribution is 0.186. The number of rotatable bonds is 3. The summed E-state index contributed by atoms with van der Waals surface area (Å²) >= 11 is 0. The summed E-state index contributed by atoms with van der Waals surface area (Å²) in [6.45, 7) is 2.98. The average molecular weight is 280 g/mol. The Morgan fingerprint density at radius 1 is 1.29 bits per heavy atom. The Bertz CT molecular complexity index is 636. The predicted octanol–water partition coefficient (Wildman–Crippen LogP) is 2.68. The van der Waals surface area contributed by atoms with Crippen LogP contribution in [0.1, 0.15) is 26.2 Å². The second kappa shape index (κ2) is 5.98. The van der Waals surface area contributed by atoms with Crippen molar-refractivity contribution in [3.8, 4) is 0 Å². The van der Waals surface area contributed by atoms with Crippen LogP contribution in [0.5, 0.6) is 0 Å². The normalized spacial score (nSPS) is 25.9. The molecule has 0 saturated heterocycles. The van der Waals surface area contributed by atoms with Gasteiger partial charge >= 0.3 is 0 Å². The number of nitrogens with two attached hydrogens (primary N) is 1. The van der Waals surface area contributed by atoms with E-state index >= 15 is 0 Å². The highest BCUT2D eigenvalue weighted by atomic mass is 15.2. The van der Waals surface area contributed by atoms with Crippen LogP contribution in [-0.2, 0) is 0 Å². The van der Waals surface area contributed by atoms with Crippen LogP contribution in [0.3, 0.4) is 0 Å². The Hall–Kier alpha value is -2.32. The van der Waals surface area contributed by atoms with Gasteiger partial charge in [-0.1, -0.05) is 17.9 Å². The first-order valence-corrected chi connectivity index (χ1v) is 7.39. The van der Waals surface area contributed by atoms with Gasteiger partial charge in [-0.3, -0.25) is 4.99 Å². The summed E-state index contributed by atoms with van der Waals surface area (Å²) in [4.78, 5) is 11.5. The average Bonchev–Trinajstić information content (AvgIpc) is 2.77. The van der Waals surface area contributed by atoms with E-state index in [1.54, 1.807) is 6.20 Å². The fraction of sp³-hybridized carbons (Fsp3) is 0.353. The lowest BCUT2D eigenvalue weighted by Crippen LogP contribution is -2.38. The molecule has 0 aromatic carbocycles. The smallest absolute Gasteiger partial charge is 0.104 e. The molecule has 0 spiro atoms. The Labute approximate surface area is 125 Å². The number of allylic oxidation sites excluding steroid dienone is 4. The summed E-state index contributed by atoms with van der Waals surface area (Å²) in [6.07, 6.45) is 14.8. The minimum atomic E-state index is 0.685. The van der Waals surface area contributed by atoms with Crippen molar-refractivity contribution < 1.29 is 0 Å². The molecule has 0 amide bonds. The second-order valence-corrected chi connectivity index (χ2v) is 5.44. The van der Waals surface area contributed by atoms with Crippen LogP contribution < -0.4 is 5.73 Å². The molecule has 0 aromatic heterocycles. The molecule has 3 rings (SSSR count). The molecule has 1 saturated carbocycles. The first kappa shape index (κ1) is 13.7. The highest BCUT2D eigenvalue weighted by molar-refractivity contribution is 6.51. The first-order valence-electron chi connectivity index (χ1n) is 7.39. The minimum Gasteiger partial charge on any atom is -0.403 e. The van der Waals surface area contributed by atoms with E-state index in [1.807, 2.05) is 24.3 Å². The standard InChI is InChI=1S/C17H20N4/c1-13-11-14(12-21(13)15-5-4-6-15)20-17-8-3-2-7-16(17)19-10-9-18/h2-3,7-10,15H,4-6,12,18H2,1H3/b10-9+,19-16-,20-17-. The predicted molar refractivity (Wildman–Crippen MR) is 87.0 cm³/mol. The zero-order valence-electron chi connectivity index (χ0n) is 12.3. The van der Waals surface area contributed by atoms with E-state index in [9.17, 15) is 0 Å². The van der Waals surface area contributed by atoms with E-state index in [0.717, 1.165) is 23.7 Å². The number of hydrogen-bond acceptors (Lipinski definition) is 4. The fourth-order valence-electron chi connectivity index (χ4n) is 2.70. The lowest BCUT2D eigenvalue weighted by Gasteiger charge is -2.36. The maximum Gasteiger partial charge on any atom is 0.104 e. The molecular weight excluding hydrogens is 260 g/mol. The zero-order chi connectivity index (χ0) is 14.7. The van der Waals surface area contributed by atoms with Crippen molar-refractivity contribution in [3.63, 3.8) is 0 Å². The summed E-state index contributed by atoms with van der Waals surface area (Å²) in [5.41, 5.74) is 12.6. The van der Waals surface area contributed by atoms with E-state index in [1.165, 1.54) is 31.2 Å². The van der Waals surface area contributed by atoms with Gasteiger partial charge in [0.25, 0.3) is 0 Å². The molecule has 2 aliphatic carbocycles. The third-order valence-electron chi connectivity index (χ3n) is 4.03. The van der Waals surface area contributed by atoms with E-state index < -0.39 is 0 Å². The van der Waals surface area contributed by atoms with Crippen LogP contribution in [0.4, 0.5) is 0 Å². The van der Waals surface area contributed by atoms with Gasteiger partial charge in [-0.25, -0.2) is 4.99 Å². The van der Waals surface area contributed by atoms with Crippen molar-refractivity contribution in [2.75, 3.05) is 6.54 Å². The second-order valence-electron chi connectivity index (χ2n) is 5.44. The van der Waals surface area contributed by atoms with Gasteiger partial charge in [-0.15, -0.1) is 0 Å². The van der Waals surface area contributed by atoms with Crippen LogP contribution in [0.2, 0.25) is 0 Å².